The maximum atomic E-state index is 12.9. The summed E-state index contributed by atoms with van der Waals surface area (Å²) in [6, 6.07) is 7.92. The van der Waals surface area contributed by atoms with Gasteiger partial charge in [-0.15, -0.1) is 0 Å². The molecule has 1 aromatic carbocycles. The Labute approximate surface area is 186 Å². The van der Waals surface area contributed by atoms with Crippen molar-refractivity contribution in [3.63, 3.8) is 0 Å². The van der Waals surface area contributed by atoms with Crippen molar-refractivity contribution in [1.29, 1.82) is 0 Å². The van der Waals surface area contributed by atoms with Gasteiger partial charge in [0.2, 0.25) is 0 Å². The van der Waals surface area contributed by atoms with E-state index in [9.17, 15) is 9.90 Å². The molecule has 9 heteroatoms. The number of imidazole rings is 1. The van der Waals surface area contributed by atoms with Gasteiger partial charge in [-0.05, 0) is 50.3 Å². The fourth-order valence-electron chi connectivity index (χ4n) is 3.81. The lowest BCUT2D eigenvalue weighted by molar-refractivity contribution is 0.0950. The maximum Gasteiger partial charge on any atom is 0.256 e. The molecule has 1 saturated carbocycles. The SMILES string of the molecule is Cc1ncc(C(=O)NCc2ccc(-n3cnc(CO)c3)cc2)c(N[C@H]2CC[C@H](O)CC2)n1. The van der Waals surface area contributed by atoms with Crippen LogP contribution in [0.15, 0.2) is 43.0 Å². The summed E-state index contributed by atoms with van der Waals surface area (Å²) in [5.74, 6) is 0.889. The maximum absolute atomic E-state index is 12.9. The number of hydrogen-bond acceptors (Lipinski definition) is 7. The van der Waals surface area contributed by atoms with Crippen LogP contribution in [0.25, 0.3) is 5.69 Å². The fraction of sp³-hybridized carbons (Fsp3) is 0.391. The highest BCUT2D eigenvalue weighted by Gasteiger charge is 2.22. The number of benzene rings is 1. The van der Waals surface area contributed by atoms with Gasteiger partial charge in [0.1, 0.15) is 17.2 Å². The minimum atomic E-state index is -0.241. The van der Waals surface area contributed by atoms with Crippen LogP contribution < -0.4 is 10.6 Å². The summed E-state index contributed by atoms with van der Waals surface area (Å²) >= 11 is 0. The summed E-state index contributed by atoms with van der Waals surface area (Å²) < 4.78 is 1.83. The number of aliphatic hydroxyl groups excluding tert-OH is 2. The van der Waals surface area contributed by atoms with E-state index in [0.717, 1.165) is 36.9 Å². The lowest BCUT2D eigenvalue weighted by atomic mass is 9.93. The molecule has 2 heterocycles. The number of aryl methyl sites for hydroxylation is 1. The van der Waals surface area contributed by atoms with Crippen molar-refractivity contribution in [1.82, 2.24) is 24.8 Å². The molecule has 1 fully saturated rings. The Morgan fingerprint density at radius 1 is 1.16 bits per heavy atom. The molecule has 1 amide bonds. The first-order valence-corrected chi connectivity index (χ1v) is 10.8. The number of hydrogen-bond donors (Lipinski definition) is 4. The number of carbonyl (C=O) groups excluding carboxylic acids is 1. The molecule has 2 aromatic heterocycles. The molecule has 1 aliphatic carbocycles. The van der Waals surface area contributed by atoms with Gasteiger partial charge in [-0.2, -0.15) is 0 Å². The Morgan fingerprint density at radius 3 is 2.59 bits per heavy atom. The molecule has 0 aliphatic heterocycles. The molecule has 0 unspecified atom stereocenters. The number of aliphatic hydroxyl groups is 2. The Hall–Kier alpha value is -3.30. The van der Waals surface area contributed by atoms with Gasteiger partial charge in [-0.3, -0.25) is 4.79 Å². The average molecular weight is 437 g/mol. The molecule has 1 aliphatic rings. The van der Waals surface area contributed by atoms with Crippen molar-refractivity contribution in [2.24, 2.45) is 0 Å². The topological polar surface area (TPSA) is 125 Å². The van der Waals surface area contributed by atoms with E-state index in [1.807, 2.05) is 28.8 Å². The van der Waals surface area contributed by atoms with Crippen LogP contribution in [0.5, 0.6) is 0 Å². The van der Waals surface area contributed by atoms with Crippen LogP contribution in [0.2, 0.25) is 0 Å². The first kappa shape index (κ1) is 21.9. The Balaban J connectivity index is 1.39. The van der Waals surface area contributed by atoms with Gasteiger partial charge < -0.3 is 25.4 Å². The molecule has 168 valence electrons. The van der Waals surface area contributed by atoms with Crippen molar-refractivity contribution in [2.45, 2.75) is 57.9 Å². The van der Waals surface area contributed by atoms with E-state index in [1.165, 1.54) is 0 Å². The lowest BCUT2D eigenvalue weighted by Gasteiger charge is -2.27. The van der Waals surface area contributed by atoms with E-state index in [-0.39, 0.29) is 24.7 Å². The molecule has 3 aromatic rings. The zero-order valence-corrected chi connectivity index (χ0v) is 18.0. The third-order valence-corrected chi connectivity index (χ3v) is 5.68. The molecule has 4 rings (SSSR count). The van der Waals surface area contributed by atoms with E-state index >= 15 is 0 Å². The third kappa shape index (κ3) is 5.30. The van der Waals surface area contributed by atoms with Crippen LogP contribution in [0.3, 0.4) is 0 Å². The van der Waals surface area contributed by atoms with Gasteiger partial charge in [-0.1, -0.05) is 12.1 Å². The molecule has 32 heavy (non-hydrogen) atoms. The second-order valence-corrected chi connectivity index (χ2v) is 8.11. The van der Waals surface area contributed by atoms with Crippen molar-refractivity contribution in [3.8, 4) is 5.69 Å². The van der Waals surface area contributed by atoms with E-state index in [1.54, 1.807) is 25.6 Å². The highest BCUT2D eigenvalue weighted by Crippen LogP contribution is 2.23. The smallest absolute Gasteiger partial charge is 0.256 e. The van der Waals surface area contributed by atoms with Crippen molar-refractivity contribution >= 4 is 11.7 Å². The summed E-state index contributed by atoms with van der Waals surface area (Å²) in [6.45, 7) is 2.07. The first-order chi connectivity index (χ1) is 15.5. The Morgan fingerprint density at radius 2 is 1.91 bits per heavy atom. The Kier molecular flexibility index (Phi) is 6.77. The van der Waals surface area contributed by atoms with Crippen LogP contribution in [-0.4, -0.2) is 47.8 Å². The molecule has 0 atom stereocenters. The predicted octanol–water partition coefficient (Wildman–Crippen LogP) is 2.11. The van der Waals surface area contributed by atoms with Gasteiger partial charge in [0.25, 0.3) is 5.91 Å². The molecule has 0 spiro atoms. The number of nitrogens with zero attached hydrogens (tertiary/aromatic N) is 4. The quantitative estimate of drug-likeness (QED) is 0.447. The largest absolute Gasteiger partial charge is 0.393 e. The highest BCUT2D eigenvalue weighted by molar-refractivity contribution is 5.98. The lowest BCUT2D eigenvalue weighted by Crippen LogP contribution is -2.31. The normalized spacial score (nSPS) is 18.3. The first-order valence-electron chi connectivity index (χ1n) is 10.8. The van der Waals surface area contributed by atoms with Gasteiger partial charge in [0, 0.05) is 30.7 Å². The molecular formula is C23H28N6O3. The summed E-state index contributed by atoms with van der Waals surface area (Å²) in [7, 11) is 0. The molecular weight excluding hydrogens is 408 g/mol. The number of rotatable bonds is 7. The van der Waals surface area contributed by atoms with Crippen LogP contribution in [-0.2, 0) is 13.2 Å². The standard InChI is InChI=1S/C23H28N6O3/c1-15-24-11-21(22(27-15)28-17-4-8-20(31)9-5-17)23(32)25-10-16-2-6-19(7-3-16)29-12-18(13-30)26-14-29/h2-3,6-7,11-12,14,17,20,30-31H,4-5,8-10,13H2,1H3,(H,25,32)(H,24,27,28)/t17-,20-. The van der Waals surface area contributed by atoms with Crippen molar-refractivity contribution in [2.75, 3.05) is 5.32 Å². The number of anilines is 1. The summed E-state index contributed by atoms with van der Waals surface area (Å²) in [5, 5.41) is 25.2. The minimum Gasteiger partial charge on any atom is -0.393 e. The van der Waals surface area contributed by atoms with Crippen LogP contribution in [0.1, 0.15) is 53.1 Å². The number of aromatic nitrogens is 4. The van der Waals surface area contributed by atoms with Gasteiger partial charge >= 0.3 is 0 Å². The third-order valence-electron chi connectivity index (χ3n) is 5.68. The number of amides is 1. The fourth-order valence-corrected chi connectivity index (χ4v) is 3.81. The van der Waals surface area contributed by atoms with Crippen LogP contribution >= 0.6 is 0 Å². The molecule has 4 N–H and O–H groups in total. The van der Waals surface area contributed by atoms with Gasteiger partial charge in [-0.25, -0.2) is 15.0 Å². The van der Waals surface area contributed by atoms with Crippen LogP contribution in [0.4, 0.5) is 5.82 Å². The summed E-state index contributed by atoms with van der Waals surface area (Å²) in [4.78, 5) is 25.6. The van der Waals surface area contributed by atoms with E-state index < -0.39 is 0 Å². The second kappa shape index (κ2) is 9.88. The zero-order chi connectivity index (χ0) is 22.5. The van der Waals surface area contributed by atoms with Gasteiger partial charge in [0.05, 0.1) is 24.7 Å². The number of nitrogens with one attached hydrogen (secondary N) is 2. The monoisotopic (exact) mass is 436 g/mol. The summed E-state index contributed by atoms with van der Waals surface area (Å²) in [5.41, 5.74) is 2.89. The summed E-state index contributed by atoms with van der Waals surface area (Å²) in [6.07, 6.45) is 7.93. The predicted molar refractivity (Wildman–Crippen MR) is 119 cm³/mol. The van der Waals surface area contributed by atoms with E-state index in [4.69, 9.17) is 5.11 Å². The number of carbonyl (C=O) groups is 1. The van der Waals surface area contributed by atoms with Crippen molar-refractivity contribution < 1.29 is 15.0 Å². The second-order valence-electron chi connectivity index (χ2n) is 8.11. The highest BCUT2D eigenvalue weighted by atomic mass is 16.3. The molecule has 0 saturated heterocycles. The Bertz CT molecular complexity index is 1060. The molecule has 0 bridgehead atoms. The van der Waals surface area contributed by atoms with E-state index in [0.29, 0.717) is 29.4 Å². The van der Waals surface area contributed by atoms with Gasteiger partial charge in [0.15, 0.2) is 0 Å². The van der Waals surface area contributed by atoms with Crippen LogP contribution in [0, 0.1) is 6.92 Å². The minimum absolute atomic E-state index is 0.0978. The molecule has 0 radical (unpaired) electrons. The van der Waals surface area contributed by atoms with Crippen molar-refractivity contribution in [3.05, 3.63) is 65.6 Å². The average Bonchev–Trinajstić information content (AvgIpc) is 3.29. The molecule has 9 nitrogen and oxygen atoms in total. The van der Waals surface area contributed by atoms with E-state index in [2.05, 4.69) is 25.6 Å². The zero-order valence-electron chi connectivity index (χ0n) is 18.0.